The molecule has 0 aliphatic heterocycles. The normalized spacial score (nSPS) is 12.7. The number of aromatic amines is 1. The SMILES string of the molecule is C[C@@](N)(Cc1ccc(-c2ncc[nH]2)cc1)C(=O)O.Cl.Cl. The zero-order valence-corrected chi connectivity index (χ0v) is 12.5. The lowest BCUT2D eigenvalue weighted by molar-refractivity contribution is -0.142. The molecule has 5 nitrogen and oxygen atoms in total. The Labute approximate surface area is 129 Å². The van der Waals surface area contributed by atoms with Crippen LogP contribution in [0.1, 0.15) is 12.5 Å². The van der Waals surface area contributed by atoms with Gasteiger partial charge >= 0.3 is 5.97 Å². The standard InChI is InChI=1S/C13H15N3O2.2ClH/c1-13(14,12(17)18)8-9-2-4-10(5-3-9)11-15-6-7-16-11;;/h2-7H,8,14H2,1H3,(H,15,16)(H,17,18);2*1H/t13-;;/m1../s1. The minimum Gasteiger partial charge on any atom is -0.480 e. The van der Waals surface area contributed by atoms with Gasteiger partial charge in [0.15, 0.2) is 0 Å². The summed E-state index contributed by atoms with van der Waals surface area (Å²) in [4.78, 5) is 18.1. The van der Waals surface area contributed by atoms with E-state index in [2.05, 4.69) is 9.97 Å². The molecule has 4 N–H and O–H groups in total. The van der Waals surface area contributed by atoms with Crippen LogP contribution in [0.4, 0.5) is 0 Å². The largest absolute Gasteiger partial charge is 0.480 e. The van der Waals surface area contributed by atoms with Gasteiger partial charge in [-0.3, -0.25) is 4.79 Å². The van der Waals surface area contributed by atoms with Gasteiger partial charge in [0.05, 0.1) is 0 Å². The maximum absolute atomic E-state index is 10.9. The number of rotatable bonds is 4. The van der Waals surface area contributed by atoms with Crippen molar-refractivity contribution in [3.63, 3.8) is 0 Å². The summed E-state index contributed by atoms with van der Waals surface area (Å²) < 4.78 is 0. The number of carboxylic acids is 1. The predicted octanol–water partition coefficient (Wildman–Crippen LogP) is 2.26. The van der Waals surface area contributed by atoms with E-state index in [9.17, 15) is 4.79 Å². The smallest absolute Gasteiger partial charge is 0.323 e. The molecular formula is C13H17Cl2N3O2. The lowest BCUT2D eigenvalue weighted by Crippen LogP contribution is -2.46. The molecule has 7 heteroatoms. The second-order valence-corrected chi connectivity index (χ2v) is 4.53. The molecule has 0 unspecified atom stereocenters. The van der Waals surface area contributed by atoms with E-state index >= 15 is 0 Å². The molecule has 1 atom stereocenters. The minimum absolute atomic E-state index is 0. The van der Waals surface area contributed by atoms with Gasteiger partial charge in [-0.2, -0.15) is 0 Å². The summed E-state index contributed by atoms with van der Waals surface area (Å²) >= 11 is 0. The molecule has 0 aliphatic carbocycles. The van der Waals surface area contributed by atoms with Gasteiger partial charge in [0.1, 0.15) is 11.4 Å². The molecule has 2 rings (SSSR count). The summed E-state index contributed by atoms with van der Waals surface area (Å²) in [6, 6.07) is 7.52. The zero-order valence-electron chi connectivity index (χ0n) is 10.9. The molecule has 0 spiro atoms. The molecule has 1 aromatic carbocycles. The summed E-state index contributed by atoms with van der Waals surface area (Å²) in [5.74, 6) is -0.215. The van der Waals surface area contributed by atoms with E-state index in [0.717, 1.165) is 17.0 Å². The molecule has 0 radical (unpaired) electrons. The van der Waals surface area contributed by atoms with Crippen molar-refractivity contribution in [2.24, 2.45) is 5.73 Å². The summed E-state index contributed by atoms with van der Waals surface area (Å²) in [7, 11) is 0. The third-order valence-electron chi connectivity index (χ3n) is 2.79. The van der Waals surface area contributed by atoms with Gasteiger partial charge in [-0.15, -0.1) is 24.8 Å². The minimum atomic E-state index is -1.24. The molecule has 0 fully saturated rings. The Bertz CT molecular complexity index is 539. The van der Waals surface area contributed by atoms with Crippen LogP contribution in [0.2, 0.25) is 0 Å². The summed E-state index contributed by atoms with van der Waals surface area (Å²) in [5.41, 5.74) is 6.31. The second-order valence-electron chi connectivity index (χ2n) is 4.53. The Morgan fingerprint density at radius 3 is 2.40 bits per heavy atom. The first-order chi connectivity index (χ1) is 8.49. The number of nitrogens with two attached hydrogens (primary N) is 1. The lowest BCUT2D eigenvalue weighted by Gasteiger charge is -2.19. The van der Waals surface area contributed by atoms with Crippen molar-refractivity contribution in [3.05, 3.63) is 42.2 Å². The number of aromatic nitrogens is 2. The number of aliphatic carboxylic acids is 1. The Morgan fingerprint density at radius 2 is 1.95 bits per heavy atom. The molecule has 0 amide bonds. The maximum atomic E-state index is 10.9. The van der Waals surface area contributed by atoms with Crippen molar-refractivity contribution >= 4 is 30.8 Å². The van der Waals surface area contributed by atoms with Gasteiger partial charge in [0.2, 0.25) is 0 Å². The van der Waals surface area contributed by atoms with Gasteiger partial charge in [0.25, 0.3) is 0 Å². The monoisotopic (exact) mass is 317 g/mol. The number of hydrogen-bond acceptors (Lipinski definition) is 3. The fourth-order valence-corrected chi connectivity index (χ4v) is 1.70. The van der Waals surface area contributed by atoms with E-state index in [1.165, 1.54) is 6.92 Å². The average molecular weight is 318 g/mol. The third kappa shape index (κ3) is 4.23. The quantitative estimate of drug-likeness (QED) is 0.806. The summed E-state index contributed by atoms with van der Waals surface area (Å²) in [6.45, 7) is 1.51. The Hall–Kier alpha value is -1.56. The highest BCUT2D eigenvalue weighted by atomic mass is 35.5. The number of H-pyrrole nitrogens is 1. The van der Waals surface area contributed by atoms with Crippen LogP contribution in [0.15, 0.2) is 36.7 Å². The number of carbonyl (C=O) groups is 1. The van der Waals surface area contributed by atoms with E-state index in [-0.39, 0.29) is 24.8 Å². The number of hydrogen-bond donors (Lipinski definition) is 3. The second kappa shape index (κ2) is 7.28. The van der Waals surface area contributed by atoms with Crippen molar-refractivity contribution in [2.45, 2.75) is 18.9 Å². The van der Waals surface area contributed by atoms with Gasteiger partial charge in [-0.1, -0.05) is 24.3 Å². The first-order valence-electron chi connectivity index (χ1n) is 5.60. The van der Waals surface area contributed by atoms with Gasteiger partial charge in [0, 0.05) is 24.4 Å². The van der Waals surface area contributed by atoms with Crippen LogP contribution < -0.4 is 5.73 Å². The number of carboxylic acid groups (broad SMARTS) is 1. The highest BCUT2D eigenvalue weighted by Gasteiger charge is 2.27. The first kappa shape index (κ1) is 18.4. The van der Waals surface area contributed by atoms with Crippen LogP contribution in [-0.4, -0.2) is 26.6 Å². The number of nitrogens with zero attached hydrogens (tertiary/aromatic N) is 1. The van der Waals surface area contributed by atoms with Crippen LogP contribution in [0.25, 0.3) is 11.4 Å². The molecule has 110 valence electrons. The van der Waals surface area contributed by atoms with Crippen LogP contribution in [-0.2, 0) is 11.2 Å². The van der Waals surface area contributed by atoms with Crippen molar-refractivity contribution in [1.29, 1.82) is 0 Å². The molecular weight excluding hydrogens is 301 g/mol. The molecule has 1 aromatic heterocycles. The van der Waals surface area contributed by atoms with Crippen LogP contribution in [0, 0.1) is 0 Å². The van der Waals surface area contributed by atoms with E-state index in [1.807, 2.05) is 24.3 Å². The Kier molecular flexibility index (Phi) is 6.72. The molecule has 20 heavy (non-hydrogen) atoms. The topological polar surface area (TPSA) is 92.0 Å². The van der Waals surface area contributed by atoms with Crippen molar-refractivity contribution in [1.82, 2.24) is 9.97 Å². The molecule has 2 aromatic rings. The van der Waals surface area contributed by atoms with Gasteiger partial charge < -0.3 is 15.8 Å². The van der Waals surface area contributed by atoms with Crippen molar-refractivity contribution in [3.8, 4) is 11.4 Å². The highest BCUT2D eigenvalue weighted by molar-refractivity contribution is 5.85. The van der Waals surface area contributed by atoms with Crippen LogP contribution in [0.5, 0.6) is 0 Å². The molecule has 0 saturated heterocycles. The predicted molar refractivity (Wildman–Crippen MR) is 82.5 cm³/mol. The van der Waals surface area contributed by atoms with E-state index < -0.39 is 11.5 Å². The highest BCUT2D eigenvalue weighted by Crippen LogP contribution is 2.17. The number of benzene rings is 1. The Morgan fingerprint density at radius 1 is 1.35 bits per heavy atom. The van der Waals surface area contributed by atoms with Crippen LogP contribution in [0.3, 0.4) is 0 Å². The Balaban J connectivity index is 0.00000180. The number of imidazole rings is 1. The zero-order chi connectivity index (χ0) is 13.2. The van der Waals surface area contributed by atoms with Crippen molar-refractivity contribution < 1.29 is 9.90 Å². The van der Waals surface area contributed by atoms with E-state index in [0.29, 0.717) is 6.42 Å². The average Bonchev–Trinajstić information content (AvgIpc) is 2.83. The van der Waals surface area contributed by atoms with Gasteiger partial charge in [-0.25, -0.2) is 4.98 Å². The fourth-order valence-electron chi connectivity index (χ4n) is 1.70. The molecule has 0 saturated carbocycles. The van der Waals surface area contributed by atoms with E-state index in [1.54, 1.807) is 12.4 Å². The molecule has 0 bridgehead atoms. The first-order valence-corrected chi connectivity index (χ1v) is 5.60. The van der Waals surface area contributed by atoms with E-state index in [4.69, 9.17) is 10.8 Å². The number of nitrogens with one attached hydrogen (secondary N) is 1. The third-order valence-corrected chi connectivity index (χ3v) is 2.79. The lowest BCUT2D eigenvalue weighted by atomic mass is 9.93. The number of halogens is 2. The molecule has 0 aliphatic rings. The van der Waals surface area contributed by atoms with Gasteiger partial charge in [-0.05, 0) is 12.5 Å². The van der Waals surface area contributed by atoms with Crippen LogP contribution >= 0.6 is 24.8 Å². The summed E-state index contributed by atoms with van der Waals surface area (Å²) in [5, 5.41) is 8.97. The maximum Gasteiger partial charge on any atom is 0.323 e. The van der Waals surface area contributed by atoms with Crippen molar-refractivity contribution in [2.75, 3.05) is 0 Å². The molecule has 1 heterocycles. The fraction of sp³-hybridized carbons (Fsp3) is 0.231. The summed E-state index contributed by atoms with van der Waals surface area (Å²) in [6.07, 6.45) is 3.73.